The van der Waals surface area contributed by atoms with Crippen molar-refractivity contribution >= 4 is 29.0 Å². The molecule has 0 saturated carbocycles. The van der Waals surface area contributed by atoms with Crippen LogP contribution in [0, 0.1) is 11.6 Å². The minimum Gasteiger partial charge on any atom is -0.324 e. The van der Waals surface area contributed by atoms with E-state index in [9.17, 15) is 18.4 Å². The van der Waals surface area contributed by atoms with Gasteiger partial charge in [-0.3, -0.25) is 4.79 Å². The maximum absolute atomic E-state index is 13.3. The molecule has 0 aliphatic carbocycles. The zero-order valence-electron chi connectivity index (χ0n) is 14.8. The number of anilines is 1. The Bertz CT molecular complexity index is 1250. The van der Waals surface area contributed by atoms with E-state index < -0.39 is 17.4 Å². The maximum Gasteiger partial charge on any atom is 0.367 e. The molecule has 2 aromatic heterocycles. The first kappa shape index (κ1) is 18.8. The second-order valence-corrected chi connectivity index (χ2v) is 7.09. The first-order chi connectivity index (χ1) is 14.0. The Kier molecular flexibility index (Phi) is 5.09. The van der Waals surface area contributed by atoms with Crippen LogP contribution in [-0.2, 0) is 11.3 Å². The van der Waals surface area contributed by atoms with Gasteiger partial charge >= 0.3 is 5.69 Å². The molecule has 0 atom stereocenters. The van der Waals surface area contributed by atoms with Gasteiger partial charge in [-0.25, -0.2) is 18.3 Å². The Morgan fingerprint density at radius 2 is 1.79 bits per heavy atom. The van der Waals surface area contributed by atoms with E-state index in [-0.39, 0.29) is 18.0 Å². The van der Waals surface area contributed by atoms with Crippen molar-refractivity contribution in [2.75, 3.05) is 5.32 Å². The van der Waals surface area contributed by atoms with Gasteiger partial charge in [-0.1, -0.05) is 17.8 Å². The zero-order valence-corrected chi connectivity index (χ0v) is 15.6. The van der Waals surface area contributed by atoms with Crippen LogP contribution >= 0.6 is 11.8 Å². The van der Waals surface area contributed by atoms with E-state index in [4.69, 9.17) is 0 Å². The molecular formula is C19H13F2N5O2S. The molecule has 1 N–H and O–H groups in total. The molecule has 1 amide bonds. The lowest BCUT2D eigenvalue weighted by atomic mass is 10.3. The van der Waals surface area contributed by atoms with Crippen LogP contribution < -0.4 is 11.0 Å². The van der Waals surface area contributed by atoms with Crippen molar-refractivity contribution in [3.63, 3.8) is 0 Å². The predicted octanol–water partition coefficient (Wildman–Crippen LogP) is 2.96. The van der Waals surface area contributed by atoms with Crippen molar-refractivity contribution in [2.24, 2.45) is 0 Å². The van der Waals surface area contributed by atoms with Gasteiger partial charge in [0, 0.05) is 10.6 Å². The molecule has 2 aromatic carbocycles. The predicted molar refractivity (Wildman–Crippen MR) is 103 cm³/mol. The standard InChI is InChI=1S/C19H13F2N5O2S/c20-12-4-6-14(7-5-12)22-17(27)11-25-19(28)26-16(23-25)8-9-18(24-26)29-15-3-1-2-13(21)10-15/h1-10H,11H2,(H,22,27). The summed E-state index contributed by atoms with van der Waals surface area (Å²) in [6.07, 6.45) is 0. The Balaban J connectivity index is 1.53. The first-order valence-electron chi connectivity index (χ1n) is 8.44. The molecule has 146 valence electrons. The van der Waals surface area contributed by atoms with Gasteiger partial charge in [0.25, 0.3) is 0 Å². The van der Waals surface area contributed by atoms with Gasteiger partial charge < -0.3 is 5.32 Å². The summed E-state index contributed by atoms with van der Waals surface area (Å²) in [6.45, 7) is -0.327. The van der Waals surface area contributed by atoms with Crippen LogP contribution in [0.1, 0.15) is 0 Å². The molecule has 0 spiro atoms. The Hall–Kier alpha value is -3.53. The average Bonchev–Trinajstić information content (AvgIpc) is 2.99. The van der Waals surface area contributed by atoms with E-state index >= 15 is 0 Å². The van der Waals surface area contributed by atoms with E-state index in [1.165, 1.54) is 48.2 Å². The molecule has 0 saturated heterocycles. The number of rotatable bonds is 5. The van der Waals surface area contributed by atoms with Crippen molar-refractivity contribution < 1.29 is 13.6 Å². The normalized spacial score (nSPS) is 11.0. The van der Waals surface area contributed by atoms with Crippen molar-refractivity contribution in [3.8, 4) is 0 Å². The molecule has 0 bridgehead atoms. The fraction of sp³-hybridized carbons (Fsp3) is 0.0526. The number of nitrogens with zero attached hydrogens (tertiary/aromatic N) is 4. The van der Waals surface area contributed by atoms with Crippen LogP contribution in [0.5, 0.6) is 0 Å². The summed E-state index contributed by atoms with van der Waals surface area (Å²) in [4.78, 5) is 25.3. The third-order valence-electron chi connectivity index (χ3n) is 3.86. The lowest BCUT2D eigenvalue weighted by molar-refractivity contribution is -0.117. The minimum absolute atomic E-state index is 0.271. The van der Waals surface area contributed by atoms with Gasteiger partial charge in [0.15, 0.2) is 5.65 Å². The van der Waals surface area contributed by atoms with Crippen LogP contribution in [0.15, 0.2) is 75.4 Å². The van der Waals surface area contributed by atoms with Crippen molar-refractivity contribution in [3.05, 3.63) is 82.8 Å². The topological polar surface area (TPSA) is 81.3 Å². The van der Waals surface area contributed by atoms with Gasteiger partial charge in [0.2, 0.25) is 5.91 Å². The summed E-state index contributed by atoms with van der Waals surface area (Å²) < 4.78 is 28.3. The summed E-state index contributed by atoms with van der Waals surface area (Å²) in [7, 11) is 0. The van der Waals surface area contributed by atoms with E-state index in [2.05, 4.69) is 15.5 Å². The molecule has 7 nitrogen and oxygen atoms in total. The number of hydrogen-bond acceptors (Lipinski definition) is 5. The number of benzene rings is 2. The lowest BCUT2D eigenvalue weighted by Crippen LogP contribution is -2.28. The van der Waals surface area contributed by atoms with Crippen LogP contribution in [0.2, 0.25) is 0 Å². The van der Waals surface area contributed by atoms with Gasteiger partial charge in [-0.2, -0.15) is 9.61 Å². The number of hydrogen-bond donors (Lipinski definition) is 1. The molecule has 0 radical (unpaired) electrons. The second kappa shape index (κ2) is 7.84. The molecule has 0 aliphatic heterocycles. The van der Waals surface area contributed by atoms with Gasteiger partial charge in [0.05, 0.1) is 0 Å². The van der Waals surface area contributed by atoms with Crippen molar-refractivity contribution in [1.82, 2.24) is 19.4 Å². The number of amides is 1. The summed E-state index contributed by atoms with van der Waals surface area (Å²) in [6, 6.07) is 14.5. The molecule has 0 fully saturated rings. The number of carbonyl (C=O) groups is 1. The highest BCUT2D eigenvalue weighted by atomic mass is 32.2. The summed E-state index contributed by atoms with van der Waals surface area (Å²) >= 11 is 1.19. The highest BCUT2D eigenvalue weighted by Gasteiger charge is 2.13. The average molecular weight is 413 g/mol. The van der Waals surface area contributed by atoms with Gasteiger partial charge in [-0.05, 0) is 54.6 Å². The Labute approximate surface area is 167 Å². The first-order valence-corrected chi connectivity index (χ1v) is 9.25. The van der Waals surface area contributed by atoms with E-state index in [0.717, 1.165) is 9.20 Å². The Morgan fingerprint density at radius 1 is 1.00 bits per heavy atom. The van der Waals surface area contributed by atoms with E-state index in [1.807, 2.05) is 0 Å². The number of nitrogens with one attached hydrogen (secondary N) is 1. The number of aromatic nitrogens is 4. The smallest absolute Gasteiger partial charge is 0.324 e. The largest absolute Gasteiger partial charge is 0.367 e. The fourth-order valence-corrected chi connectivity index (χ4v) is 3.39. The Morgan fingerprint density at radius 3 is 2.55 bits per heavy atom. The lowest BCUT2D eigenvalue weighted by Gasteiger charge is -2.04. The molecule has 0 unspecified atom stereocenters. The maximum atomic E-state index is 13.3. The third kappa shape index (κ3) is 4.32. The SMILES string of the molecule is O=C(Cn1nc2ccc(Sc3cccc(F)c3)nn2c1=O)Nc1ccc(F)cc1. The number of fused-ring (bicyclic) bond motifs is 1. The zero-order chi connectivity index (χ0) is 20.4. The minimum atomic E-state index is -0.587. The van der Waals surface area contributed by atoms with E-state index in [0.29, 0.717) is 15.6 Å². The highest BCUT2D eigenvalue weighted by Crippen LogP contribution is 2.26. The van der Waals surface area contributed by atoms with Crippen LogP contribution in [0.4, 0.5) is 14.5 Å². The number of halogens is 2. The van der Waals surface area contributed by atoms with Crippen LogP contribution in [0.25, 0.3) is 5.65 Å². The summed E-state index contributed by atoms with van der Waals surface area (Å²) in [5.41, 5.74) is 0.0873. The molecule has 29 heavy (non-hydrogen) atoms. The second-order valence-electron chi connectivity index (χ2n) is 6.00. The summed E-state index contributed by atoms with van der Waals surface area (Å²) in [5, 5.41) is 11.3. The summed E-state index contributed by atoms with van der Waals surface area (Å²) in [5.74, 6) is -1.28. The highest BCUT2D eigenvalue weighted by molar-refractivity contribution is 7.99. The number of carbonyl (C=O) groups excluding carboxylic acids is 1. The molecule has 2 heterocycles. The van der Waals surface area contributed by atoms with Crippen molar-refractivity contribution in [2.45, 2.75) is 16.5 Å². The molecule has 4 aromatic rings. The van der Waals surface area contributed by atoms with Crippen molar-refractivity contribution in [1.29, 1.82) is 0 Å². The molecule has 0 aliphatic rings. The third-order valence-corrected chi connectivity index (χ3v) is 4.77. The van der Waals surface area contributed by atoms with Gasteiger partial charge in [-0.15, -0.1) is 5.10 Å². The van der Waals surface area contributed by atoms with E-state index in [1.54, 1.807) is 24.3 Å². The fourth-order valence-electron chi connectivity index (χ4n) is 2.57. The van der Waals surface area contributed by atoms with Crippen LogP contribution in [0.3, 0.4) is 0 Å². The monoisotopic (exact) mass is 413 g/mol. The quantitative estimate of drug-likeness (QED) is 0.544. The van der Waals surface area contributed by atoms with Crippen LogP contribution in [-0.4, -0.2) is 25.3 Å². The van der Waals surface area contributed by atoms with Gasteiger partial charge in [0.1, 0.15) is 23.2 Å². The molecule has 4 rings (SSSR count). The molecular weight excluding hydrogens is 400 g/mol. The molecule has 10 heteroatoms.